The van der Waals surface area contributed by atoms with Crippen molar-refractivity contribution in [3.05, 3.63) is 0 Å². The van der Waals surface area contributed by atoms with Gasteiger partial charge in [0, 0.05) is 0 Å². The molecule has 0 aromatic heterocycles. The van der Waals surface area contributed by atoms with Gasteiger partial charge in [0.1, 0.15) is 19.3 Å². The van der Waals surface area contributed by atoms with E-state index in [0.717, 1.165) is 11.0 Å². The number of ether oxygens (including phenoxy) is 1. The number of nitrogens with zero attached hydrogens (tertiary/aromatic N) is 1. The van der Waals surface area contributed by atoms with Gasteiger partial charge in [-0.15, -0.1) is 0 Å². The molecule has 0 saturated heterocycles. The Bertz CT molecular complexity index is 107. The summed E-state index contributed by atoms with van der Waals surface area (Å²) in [4.78, 5) is 0. The number of likely N-dealkylation sites (N-methyl/N-ethyl adjacent to an activating group) is 1. The number of rotatable bonds is 3. The third-order valence-corrected chi connectivity index (χ3v) is 0.948. The highest BCUT2D eigenvalue weighted by Gasteiger charge is 2.04. The van der Waals surface area contributed by atoms with Gasteiger partial charge >= 0.3 is 0 Å². The van der Waals surface area contributed by atoms with Gasteiger partial charge in [-0.05, 0) is 0 Å². The zero-order chi connectivity index (χ0) is 7.33. The van der Waals surface area contributed by atoms with Gasteiger partial charge in [0.25, 0.3) is 0 Å². The summed E-state index contributed by atoms with van der Waals surface area (Å²) in [7, 11) is 6.29. The first kappa shape index (κ1) is 8.32. The summed E-state index contributed by atoms with van der Waals surface area (Å²) in [6, 6.07) is 0. The van der Waals surface area contributed by atoms with E-state index in [9.17, 15) is 0 Å². The number of hydrogen-bond donors (Lipinski definition) is 0. The first-order valence-corrected chi connectivity index (χ1v) is 2.94. The van der Waals surface area contributed by atoms with Crippen LogP contribution in [0.3, 0.4) is 0 Å². The van der Waals surface area contributed by atoms with Gasteiger partial charge in [-0.3, -0.25) is 0 Å². The molecule has 0 heterocycles. The van der Waals surface area contributed by atoms with Crippen molar-refractivity contribution in [2.75, 3.05) is 34.3 Å². The van der Waals surface area contributed by atoms with Gasteiger partial charge in [0.05, 0.1) is 21.1 Å². The van der Waals surface area contributed by atoms with Crippen LogP contribution in [0.15, 0.2) is 0 Å². The molecule has 0 saturated carbocycles. The maximum absolute atomic E-state index is 4.88. The Labute approximate surface area is 57.0 Å². The average Bonchev–Trinajstić information content (AvgIpc) is 1.63. The lowest BCUT2D eigenvalue weighted by Gasteiger charge is -2.22. The van der Waals surface area contributed by atoms with Gasteiger partial charge in [-0.1, -0.05) is 6.42 Å². The van der Waals surface area contributed by atoms with E-state index in [1.165, 1.54) is 0 Å². The number of terminal acetylenes is 1. The summed E-state index contributed by atoms with van der Waals surface area (Å²) >= 11 is 0. The largest absolute Gasteiger partial charge is 0.441 e. The second-order valence-electron chi connectivity index (χ2n) is 2.98. The summed E-state index contributed by atoms with van der Waals surface area (Å²) < 4.78 is 5.61. The summed E-state index contributed by atoms with van der Waals surface area (Å²) in [5, 5.41) is 0. The molecule has 0 aliphatic heterocycles. The van der Waals surface area contributed by atoms with Gasteiger partial charge in [0.15, 0.2) is 0 Å². The lowest BCUT2D eigenvalue weighted by atomic mass is 10.5. The standard InChI is InChI=1S/C7H14NO/c1-5-9-7-6-8(2,3)4/h1H,6-7H2,2-4H3/q+1. The van der Waals surface area contributed by atoms with E-state index in [1.54, 1.807) is 0 Å². The molecule has 0 rings (SSSR count). The van der Waals surface area contributed by atoms with Gasteiger partial charge in [0.2, 0.25) is 0 Å². The van der Waals surface area contributed by atoms with Crippen LogP contribution in [-0.4, -0.2) is 38.8 Å². The predicted molar refractivity (Wildman–Crippen MR) is 37.7 cm³/mol. The molecule has 0 unspecified atom stereocenters. The van der Waals surface area contributed by atoms with E-state index < -0.39 is 0 Å². The summed E-state index contributed by atoms with van der Waals surface area (Å²) in [6.45, 7) is 1.59. The van der Waals surface area contributed by atoms with Crippen molar-refractivity contribution in [1.82, 2.24) is 0 Å². The molecule has 0 atom stereocenters. The molecule has 0 fully saturated rings. The van der Waals surface area contributed by atoms with Crippen LogP contribution < -0.4 is 0 Å². The maximum Gasteiger partial charge on any atom is 0.149 e. The third kappa shape index (κ3) is 7.32. The lowest BCUT2D eigenvalue weighted by molar-refractivity contribution is -0.870. The fraction of sp³-hybridized carbons (Fsp3) is 0.714. The topological polar surface area (TPSA) is 9.23 Å². The van der Waals surface area contributed by atoms with Crippen LogP contribution in [0.1, 0.15) is 0 Å². The molecule has 0 aromatic carbocycles. The quantitative estimate of drug-likeness (QED) is 0.302. The van der Waals surface area contributed by atoms with Gasteiger partial charge in [-0.2, -0.15) is 0 Å². The van der Waals surface area contributed by atoms with Crippen LogP contribution in [-0.2, 0) is 4.74 Å². The molecule has 0 aromatic rings. The van der Waals surface area contributed by atoms with Crippen LogP contribution in [0, 0.1) is 12.5 Å². The molecule has 0 spiro atoms. The SMILES string of the molecule is C#COCC[N+](C)(C)C. The van der Waals surface area contributed by atoms with Crippen LogP contribution in [0.4, 0.5) is 0 Å². The summed E-state index contributed by atoms with van der Waals surface area (Å²) in [5.41, 5.74) is 0. The fourth-order valence-electron chi connectivity index (χ4n) is 0.378. The number of hydrogen-bond acceptors (Lipinski definition) is 1. The minimum absolute atomic E-state index is 0.639. The summed E-state index contributed by atoms with van der Waals surface area (Å²) in [5.74, 6) is 0. The number of quaternary nitrogens is 1. The van der Waals surface area contributed by atoms with Gasteiger partial charge < -0.3 is 9.22 Å². The Kier molecular flexibility index (Phi) is 3.11. The van der Waals surface area contributed by atoms with Crippen molar-refractivity contribution < 1.29 is 9.22 Å². The van der Waals surface area contributed by atoms with Crippen LogP contribution in [0.25, 0.3) is 0 Å². The van der Waals surface area contributed by atoms with Crippen LogP contribution in [0.2, 0.25) is 0 Å². The normalized spacial score (nSPS) is 10.4. The smallest absolute Gasteiger partial charge is 0.149 e. The second-order valence-corrected chi connectivity index (χ2v) is 2.98. The molecule has 0 bridgehead atoms. The molecular weight excluding hydrogens is 114 g/mol. The lowest BCUT2D eigenvalue weighted by Crippen LogP contribution is -2.37. The van der Waals surface area contributed by atoms with Crippen molar-refractivity contribution >= 4 is 0 Å². The molecule has 0 aliphatic rings. The zero-order valence-electron chi connectivity index (χ0n) is 6.35. The van der Waals surface area contributed by atoms with Crippen molar-refractivity contribution in [3.8, 4) is 12.5 Å². The molecule has 9 heavy (non-hydrogen) atoms. The fourth-order valence-corrected chi connectivity index (χ4v) is 0.378. The molecule has 52 valence electrons. The highest BCUT2D eigenvalue weighted by atomic mass is 16.5. The highest BCUT2D eigenvalue weighted by molar-refractivity contribution is 4.67. The molecular formula is C7H14NO+. The monoisotopic (exact) mass is 128 g/mol. The Balaban J connectivity index is 3.20. The minimum Gasteiger partial charge on any atom is -0.441 e. The second kappa shape index (κ2) is 3.37. The van der Waals surface area contributed by atoms with Crippen LogP contribution in [0.5, 0.6) is 0 Å². The highest BCUT2D eigenvalue weighted by Crippen LogP contribution is 1.87. The molecule has 2 heteroatoms. The Morgan fingerprint density at radius 3 is 2.33 bits per heavy atom. The van der Waals surface area contributed by atoms with E-state index in [2.05, 4.69) is 27.2 Å². The predicted octanol–water partition coefficient (Wildman–Crippen LogP) is 0.300. The van der Waals surface area contributed by atoms with Crippen LogP contribution >= 0.6 is 0 Å². The molecule has 0 aliphatic carbocycles. The van der Waals surface area contributed by atoms with E-state index in [-0.39, 0.29) is 0 Å². The summed E-state index contributed by atoms with van der Waals surface area (Å²) in [6.07, 6.45) is 7.01. The zero-order valence-corrected chi connectivity index (χ0v) is 6.35. The van der Waals surface area contributed by atoms with E-state index >= 15 is 0 Å². The first-order chi connectivity index (χ1) is 4.06. The molecule has 2 nitrogen and oxygen atoms in total. The Morgan fingerprint density at radius 1 is 1.44 bits per heavy atom. The van der Waals surface area contributed by atoms with Crippen molar-refractivity contribution in [1.29, 1.82) is 0 Å². The Hall–Kier alpha value is -0.680. The third-order valence-electron chi connectivity index (χ3n) is 0.948. The maximum atomic E-state index is 4.88. The first-order valence-electron chi connectivity index (χ1n) is 2.94. The minimum atomic E-state index is 0.639. The van der Waals surface area contributed by atoms with Crippen molar-refractivity contribution in [2.24, 2.45) is 0 Å². The molecule has 0 amide bonds. The van der Waals surface area contributed by atoms with E-state index in [0.29, 0.717) is 6.61 Å². The van der Waals surface area contributed by atoms with Gasteiger partial charge in [-0.25, -0.2) is 0 Å². The van der Waals surface area contributed by atoms with Crippen molar-refractivity contribution in [2.45, 2.75) is 0 Å². The van der Waals surface area contributed by atoms with E-state index in [1.807, 2.05) is 0 Å². The van der Waals surface area contributed by atoms with Crippen molar-refractivity contribution in [3.63, 3.8) is 0 Å². The van der Waals surface area contributed by atoms with E-state index in [4.69, 9.17) is 11.2 Å². The molecule has 0 N–H and O–H groups in total. The average molecular weight is 128 g/mol. The molecule has 0 radical (unpaired) electrons. The Morgan fingerprint density at radius 2 is 2.00 bits per heavy atom.